The number of benzene rings is 2. The van der Waals surface area contributed by atoms with Crippen molar-refractivity contribution in [3.8, 4) is 34.5 Å². The van der Waals surface area contributed by atoms with Gasteiger partial charge in [0.2, 0.25) is 0 Å². The molecule has 0 heterocycles. The van der Waals surface area contributed by atoms with Gasteiger partial charge in [0.05, 0.1) is 5.69 Å². The number of phenols is 6. The summed E-state index contributed by atoms with van der Waals surface area (Å²) in [7, 11) is 0. The molecule has 7 nitrogen and oxygen atoms in total. The summed E-state index contributed by atoms with van der Waals surface area (Å²) < 4.78 is 0. The molecule has 2 rings (SSSR count). The standard InChI is InChI=1S/C12H11NO6/c14-6-3-7(11(18)10(17)4-6)13-5-1-8(15)12(19)9(16)2-5/h1-4,13-19H. The number of anilines is 2. The van der Waals surface area contributed by atoms with Crippen molar-refractivity contribution in [2.75, 3.05) is 5.32 Å². The molecule has 100 valence electrons. The predicted molar refractivity (Wildman–Crippen MR) is 66.2 cm³/mol. The van der Waals surface area contributed by atoms with Gasteiger partial charge < -0.3 is 36.0 Å². The van der Waals surface area contributed by atoms with Gasteiger partial charge in [-0.1, -0.05) is 0 Å². The number of hydrogen-bond acceptors (Lipinski definition) is 7. The van der Waals surface area contributed by atoms with Crippen LogP contribution in [0.25, 0.3) is 0 Å². The van der Waals surface area contributed by atoms with E-state index < -0.39 is 28.7 Å². The molecular formula is C12H11NO6. The van der Waals surface area contributed by atoms with Crippen molar-refractivity contribution >= 4 is 11.4 Å². The lowest BCUT2D eigenvalue weighted by atomic mass is 10.2. The zero-order valence-corrected chi connectivity index (χ0v) is 9.49. The van der Waals surface area contributed by atoms with Gasteiger partial charge in [0.15, 0.2) is 28.7 Å². The molecular weight excluding hydrogens is 254 g/mol. The van der Waals surface area contributed by atoms with E-state index >= 15 is 0 Å². The van der Waals surface area contributed by atoms with Crippen LogP contribution in [0.3, 0.4) is 0 Å². The molecule has 0 bridgehead atoms. The van der Waals surface area contributed by atoms with Crippen LogP contribution in [0.4, 0.5) is 11.4 Å². The predicted octanol–water partition coefficient (Wildman–Crippen LogP) is 1.66. The van der Waals surface area contributed by atoms with Crippen LogP contribution in [0.2, 0.25) is 0 Å². The Hall–Kier alpha value is -2.96. The number of aromatic hydroxyl groups is 6. The first kappa shape index (κ1) is 12.5. The summed E-state index contributed by atoms with van der Waals surface area (Å²) in [4.78, 5) is 0. The number of rotatable bonds is 2. The van der Waals surface area contributed by atoms with Crippen LogP contribution < -0.4 is 5.32 Å². The van der Waals surface area contributed by atoms with Crippen molar-refractivity contribution < 1.29 is 30.6 Å². The van der Waals surface area contributed by atoms with Gasteiger partial charge in [-0.3, -0.25) is 0 Å². The summed E-state index contributed by atoms with van der Waals surface area (Å²) in [5, 5.41) is 58.6. The molecule has 0 aliphatic carbocycles. The van der Waals surface area contributed by atoms with E-state index in [2.05, 4.69) is 5.32 Å². The summed E-state index contributed by atoms with van der Waals surface area (Å²) in [5.74, 6) is -3.13. The van der Waals surface area contributed by atoms with Crippen molar-refractivity contribution in [1.82, 2.24) is 0 Å². The molecule has 7 heteroatoms. The lowest BCUT2D eigenvalue weighted by Crippen LogP contribution is -1.91. The van der Waals surface area contributed by atoms with Crippen molar-refractivity contribution in [2.45, 2.75) is 0 Å². The summed E-state index contributed by atoms with van der Waals surface area (Å²) in [6, 6.07) is 4.27. The minimum absolute atomic E-state index is 0.0398. The second-order valence-electron chi connectivity index (χ2n) is 3.85. The molecule has 0 fully saturated rings. The zero-order valence-electron chi connectivity index (χ0n) is 9.49. The van der Waals surface area contributed by atoms with Crippen LogP contribution in [-0.2, 0) is 0 Å². The Kier molecular flexibility index (Phi) is 2.88. The Morgan fingerprint density at radius 3 is 1.74 bits per heavy atom. The van der Waals surface area contributed by atoms with Crippen LogP contribution in [0.15, 0.2) is 24.3 Å². The van der Waals surface area contributed by atoms with Crippen LogP contribution >= 0.6 is 0 Å². The highest BCUT2D eigenvalue weighted by molar-refractivity contribution is 5.73. The number of phenolic OH excluding ortho intramolecular Hbond substituents is 6. The van der Waals surface area contributed by atoms with Crippen molar-refractivity contribution in [3.05, 3.63) is 24.3 Å². The normalized spacial score (nSPS) is 10.3. The largest absolute Gasteiger partial charge is 0.508 e. The Morgan fingerprint density at radius 2 is 1.16 bits per heavy atom. The molecule has 0 unspecified atom stereocenters. The van der Waals surface area contributed by atoms with Gasteiger partial charge in [-0.05, 0) is 0 Å². The molecule has 0 radical (unpaired) electrons. The third-order valence-corrected chi connectivity index (χ3v) is 2.42. The number of hydrogen-bond donors (Lipinski definition) is 7. The van der Waals surface area contributed by atoms with E-state index in [9.17, 15) is 30.6 Å². The Labute approximate surface area is 107 Å². The van der Waals surface area contributed by atoms with Crippen molar-refractivity contribution in [2.24, 2.45) is 0 Å². The van der Waals surface area contributed by atoms with E-state index in [4.69, 9.17) is 0 Å². The maximum absolute atomic E-state index is 9.58. The lowest BCUT2D eigenvalue weighted by Gasteiger charge is -2.11. The average Bonchev–Trinajstić information content (AvgIpc) is 2.32. The second-order valence-corrected chi connectivity index (χ2v) is 3.85. The van der Waals surface area contributed by atoms with Gasteiger partial charge in [-0.2, -0.15) is 0 Å². The Morgan fingerprint density at radius 1 is 0.632 bits per heavy atom. The average molecular weight is 265 g/mol. The van der Waals surface area contributed by atoms with Gasteiger partial charge in [0, 0.05) is 30.0 Å². The van der Waals surface area contributed by atoms with Gasteiger partial charge in [-0.15, -0.1) is 0 Å². The monoisotopic (exact) mass is 265 g/mol. The Bertz CT molecular complexity index is 617. The Balaban J connectivity index is 2.42. The van der Waals surface area contributed by atoms with E-state index in [1.54, 1.807) is 0 Å². The van der Waals surface area contributed by atoms with Crippen molar-refractivity contribution in [3.63, 3.8) is 0 Å². The van der Waals surface area contributed by atoms with Crippen molar-refractivity contribution in [1.29, 1.82) is 0 Å². The van der Waals surface area contributed by atoms with Crippen LogP contribution in [-0.4, -0.2) is 30.6 Å². The van der Waals surface area contributed by atoms with Gasteiger partial charge >= 0.3 is 0 Å². The molecule has 0 aliphatic heterocycles. The molecule has 0 saturated carbocycles. The molecule has 0 atom stereocenters. The zero-order chi connectivity index (χ0) is 14.2. The fourth-order valence-corrected chi connectivity index (χ4v) is 1.53. The minimum Gasteiger partial charge on any atom is -0.508 e. The first-order valence-electron chi connectivity index (χ1n) is 5.15. The van der Waals surface area contributed by atoms with Crippen LogP contribution in [0.1, 0.15) is 0 Å². The summed E-state index contributed by atoms with van der Waals surface area (Å²) in [5.41, 5.74) is 0.0927. The molecule has 2 aromatic carbocycles. The highest BCUT2D eigenvalue weighted by Gasteiger charge is 2.12. The maximum Gasteiger partial charge on any atom is 0.200 e. The second kappa shape index (κ2) is 4.37. The van der Waals surface area contributed by atoms with E-state index in [-0.39, 0.29) is 17.1 Å². The summed E-state index contributed by atoms with van der Waals surface area (Å²) >= 11 is 0. The topological polar surface area (TPSA) is 133 Å². The molecule has 0 spiro atoms. The van der Waals surface area contributed by atoms with E-state index in [1.807, 2.05) is 0 Å². The highest BCUT2D eigenvalue weighted by Crippen LogP contribution is 2.42. The molecule has 0 saturated heterocycles. The van der Waals surface area contributed by atoms with Gasteiger partial charge in [0.25, 0.3) is 0 Å². The molecule has 0 amide bonds. The lowest BCUT2D eigenvalue weighted by molar-refractivity contribution is 0.368. The highest BCUT2D eigenvalue weighted by atomic mass is 16.3. The van der Waals surface area contributed by atoms with Crippen LogP contribution in [0.5, 0.6) is 34.5 Å². The first-order chi connectivity index (χ1) is 8.88. The maximum atomic E-state index is 9.58. The molecule has 0 aliphatic rings. The fourth-order valence-electron chi connectivity index (χ4n) is 1.53. The third-order valence-electron chi connectivity index (χ3n) is 2.42. The smallest absolute Gasteiger partial charge is 0.200 e. The van der Waals surface area contributed by atoms with Crippen LogP contribution in [0, 0.1) is 0 Å². The SMILES string of the molecule is Oc1cc(O)c(O)c(Nc2cc(O)c(O)c(O)c2)c1. The molecule has 7 N–H and O–H groups in total. The van der Waals surface area contributed by atoms with Gasteiger partial charge in [0.1, 0.15) is 5.75 Å². The summed E-state index contributed by atoms with van der Waals surface area (Å²) in [6.07, 6.45) is 0. The summed E-state index contributed by atoms with van der Waals surface area (Å²) in [6.45, 7) is 0. The molecule has 0 aromatic heterocycles. The first-order valence-corrected chi connectivity index (χ1v) is 5.15. The number of nitrogens with one attached hydrogen (secondary N) is 1. The molecule has 19 heavy (non-hydrogen) atoms. The van der Waals surface area contributed by atoms with E-state index in [0.29, 0.717) is 0 Å². The minimum atomic E-state index is -0.673. The third kappa shape index (κ3) is 2.34. The fraction of sp³-hybridized carbons (Fsp3) is 0. The molecule has 2 aromatic rings. The van der Waals surface area contributed by atoms with E-state index in [0.717, 1.165) is 24.3 Å². The van der Waals surface area contributed by atoms with Gasteiger partial charge in [-0.25, -0.2) is 0 Å². The quantitative estimate of drug-likeness (QED) is 0.324. The van der Waals surface area contributed by atoms with E-state index in [1.165, 1.54) is 0 Å².